The Morgan fingerprint density at radius 2 is 0.766 bits per heavy atom. The van der Waals surface area contributed by atoms with Gasteiger partial charge in [-0.05, 0) is 135 Å². The number of ether oxygens (including phenoxy) is 2. The quantitative estimate of drug-likeness (QED) is 0.156. The molecule has 64 heavy (non-hydrogen) atoms. The van der Waals surface area contributed by atoms with Crippen molar-refractivity contribution < 1.29 is 19.1 Å². The van der Waals surface area contributed by atoms with Crippen molar-refractivity contribution in [3.63, 3.8) is 0 Å². The van der Waals surface area contributed by atoms with Gasteiger partial charge in [-0.1, -0.05) is 109 Å². The van der Waals surface area contributed by atoms with Gasteiger partial charge >= 0.3 is 0 Å². The van der Waals surface area contributed by atoms with Gasteiger partial charge in [-0.2, -0.15) is 10.2 Å². The van der Waals surface area contributed by atoms with Gasteiger partial charge in [0, 0.05) is 26.7 Å². The van der Waals surface area contributed by atoms with E-state index in [0.717, 1.165) is 45.2 Å². The van der Waals surface area contributed by atoms with Gasteiger partial charge < -0.3 is 9.47 Å². The molecule has 0 unspecified atom stereocenters. The van der Waals surface area contributed by atoms with Crippen molar-refractivity contribution in [2.45, 2.75) is 38.8 Å². The minimum absolute atomic E-state index is 0.0517. The Balaban J connectivity index is 0.000000143. The number of carbonyl (C=O) groups is 2. The Morgan fingerprint density at radius 1 is 0.438 bits per heavy atom. The highest BCUT2D eigenvalue weighted by Crippen LogP contribution is 2.44. The number of benzene rings is 10. The van der Waals surface area contributed by atoms with E-state index >= 15 is 0 Å². The third kappa shape index (κ3) is 6.44. The average molecular weight is 837 g/mol. The van der Waals surface area contributed by atoms with E-state index in [1.165, 1.54) is 64.6 Å². The second-order valence-electron chi connectivity index (χ2n) is 16.7. The van der Waals surface area contributed by atoms with Crippen molar-refractivity contribution in [3.05, 3.63) is 180 Å². The average Bonchev–Trinajstić information content (AvgIpc) is 4.00. The van der Waals surface area contributed by atoms with Gasteiger partial charge in [0.25, 0.3) is 0 Å². The number of hydrazone groups is 2. The van der Waals surface area contributed by atoms with E-state index < -0.39 is 0 Å². The second-order valence-corrected chi connectivity index (χ2v) is 16.7. The standard InChI is InChI=1S/2C28H22N2O2/c2*1-17(31)30-26(16-25(29-30)18-8-12-22(32-2)13-9-18)23-14-10-21-7-6-19-4-3-5-20-11-15-24(23)28(21)27(19)20/h2*3-15,26H,16H2,1-2H3/t2*26-/m11/s1. The van der Waals surface area contributed by atoms with E-state index in [-0.39, 0.29) is 23.9 Å². The Hall–Kier alpha value is -7.84. The molecule has 8 heteroatoms. The summed E-state index contributed by atoms with van der Waals surface area (Å²) >= 11 is 0. The molecule has 0 saturated heterocycles. The molecule has 0 spiro atoms. The van der Waals surface area contributed by atoms with Crippen LogP contribution < -0.4 is 9.47 Å². The van der Waals surface area contributed by atoms with Crippen LogP contribution in [0, 0.1) is 0 Å². The monoisotopic (exact) mass is 836 g/mol. The van der Waals surface area contributed by atoms with E-state index in [2.05, 4.69) is 109 Å². The zero-order chi connectivity index (χ0) is 43.6. The predicted octanol–water partition coefficient (Wildman–Crippen LogP) is 12.6. The molecule has 2 aliphatic heterocycles. The van der Waals surface area contributed by atoms with Gasteiger partial charge in [-0.25, -0.2) is 10.0 Å². The van der Waals surface area contributed by atoms with Crippen molar-refractivity contribution in [2.75, 3.05) is 14.2 Å². The third-order valence-corrected chi connectivity index (χ3v) is 13.2. The second kappa shape index (κ2) is 15.5. The normalized spacial score (nSPS) is 16.2. The molecular formula is C56H44N4O4. The van der Waals surface area contributed by atoms with E-state index in [9.17, 15) is 9.59 Å². The van der Waals surface area contributed by atoms with E-state index in [4.69, 9.17) is 19.7 Å². The smallest absolute Gasteiger partial charge is 0.240 e. The molecule has 0 aromatic heterocycles. The summed E-state index contributed by atoms with van der Waals surface area (Å²) in [5.41, 5.74) is 6.13. The lowest BCUT2D eigenvalue weighted by molar-refractivity contribution is -0.131. The van der Waals surface area contributed by atoms with Crippen LogP contribution in [0.3, 0.4) is 0 Å². The molecule has 2 heterocycles. The van der Waals surface area contributed by atoms with Crippen LogP contribution >= 0.6 is 0 Å². The molecule has 0 aliphatic carbocycles. The minimum atomic E-state index is -0.130. The molecule has 0 bridgehead atoms. The molecule has 0 saturated carbocycles. The lowest BCUT2D eigenvalue weighted by Gasteiger charge is -2.23. The Morgan fingerprint density at radius 3 is 1.11 bits per heavy atom. The summed E-state index contributed by atoms with van der Waals surface area (Å²) in [6.07, 6.45) is 1.35. The van der Waals surface area contributed by atoms with Gasteiger partial charge in [-0.3, -0.25) is 9.59 Å². The van der Waals surface area contributed by atoms with Gasteiger partial charge in [-0.15, -0.1) is 0 Å². The molecule has 0 N–H and O–H groups in total. The van der Waals surface area contributed by atoms with Crippen molar-refractivity contribution in [1.29, 1.82) is 0 Å². The number of carbonyl (C=O) groups excluding carboxylic acids is 2. The van der Waals surface area contributed by atoms with Crippen LogP contribution in [0.25, 0.3) is 64.6 Å². The lowest BCUT2D eigenvalue weighted by Crippen LogP contribution is -2.24. The highest BCUT2D eigenvalue weighted by Gasteiger charge is 2.34. The number of methoxy groups -OCH3 is 2. The predicted molar refractivity (Wildman–Crippen MR) is 259 cm³/mol. The maximum atomic E-state index is 12.6. The number of hydrogen-bond acceptors (Lipinski definition) is 6. The first-order valence-electron chi connectivity index (χ1n) is 21.6. The molecule has 312 valence electrons. The van der Waals surface area contributed by atoms with Crippen LogP contribution in [0.1, 0.15) is 61.0 Å². The first-order chi connectivity index (χ1) is 31.3. The molecule has 8 nitrogen and oxygen atoms in total. The molecule has 2 atom stereocenters. The van der Waals surface area contributed by atoms with E-state index in [0.29, 0.717) is 12.8 Å². The van der Waals surface area contributed by atoms with Crippen LogP contribution in [-0.4, -0.2) is 47.5 Å². The highest BCUT2D eigenvalue weighted by atomic mass is 16.5. The van der Waals surface area contributed by atoms with Crippen LogP contribution in [-0.2, 0) is 9.59 Å². The zero-order valence-electron chi connectivity index (χ0n) is 36.0. The van der Waals surface area contributed by atoms with Crippen molar-refractivity contribution in [2.24, 2.45) is 10.2 Å². The fourth-order valence-corrected chi connectivity index (χ4v) is 10.1. The summed E-state index contributed by atoms with van der Waals surface area (Å²) in [5.74, 6) is 1.51. The molecule has 10 aromatic carbocycles. The number of amides is 2. The number of rotatable bonds is 6. The molecular weight excluding hydrogens is 793 g/mol. The topological polar surface area (TPSA) is 83.8 Å². The Bertz CT molecular complexity index is 3240. The SMILES string of the molecule is COc1ccc(C2=NN(C(C)=O)[C@@H](c3ccc4ccc5cccc6ccc3c4c56)C2)cc1.COc1ccc(C2=NN(C(C)=O)[C@@H](c3ccc4ccc5cccc6ccc3c4c56)C2)cc1. The minimum Gasteiger partial charge on any atom is -0.497 e. The Labute approximate surface area is 370 Å². The van der Waals surface area contributed by atoms with Crippen LogP contribution in [0.15, 0.2) is 168 Å². The first-order valence-corrected chi connectivity index (χ1v) is 21.6. The van der Waals surface area contributed by atoms with Crippen molar-refractivity contribution in [1.82, 2.24) is 10.0 Å². The maximum Gasteiger partial charge on any atom is 0.240 e. The van der Waals surface area contributed by atoms with Crippen molar-refractivity contribution in [3.8, 4) is 11.5 Å². The zero-order valence-corrected chi connectivity index (χ0v) is 36.0. The Kier molecular flexibility index (Phi) is 9.46. The van der Waals surface area contributed by atoms with E-state index in [1.807, 2.05) is 48.5 Å². The molecule has 0 radical (unpaired) electrons. The summed E-state index contributed by atoms with van der Waals surface area (Å²) in [6.45, 7) is 3.17. The fraction of sp³-hybridized carbons (Fsp3) is 0.143. The third-order valence-electron chi connectivity index (χ3n) is 13.2. The van der Waals surface area contributed by atoms with Gasteiger partial charge in [0.2, 0.25) is 11.8 Å². The highest BCUT2D eigenvalue weighted by molar-refractivity contribution is 6.25. The largest absolute Gasteiger partial charge is 0.497 e. The molecule has 2 aliphatic rings. The summed E-state index contributed by atoms with van der Waals surface area (Å²) in [4.78, 5) is 25.2. The van der Waals surface area contributed by atoms with E-state index in [1.54, 1.807) is 38.1 Å². The summed E-state index contributed by atoms with van der Waals surface area (Å²) < 4.78 is 10.6. The van der Waals surface area contributed by atoms with Crippen LogP contribution in [0.5, 0.6) is 11.5 Å². The summed E-state index contributed by atoms with van der Waals surface area (Å²) in [5, 5.41) is 27.6. The first kappa shape index (κ1) is 39.0. The molecule has 12 rings (SSSR count). The van der Waals surface area contributed by atoms with Crippen molar-refractivity contribution >= 4 is 87.9 Å². The van der Waals surface area contributed by atoms with Gasteiger partial charge in [0.05, 0.1) is 37.7 Å². The van der Waals surface area contributed by atoms with Crippen LogP contribution in [0.2, 0.25) is 0 Å². The van der Waals surface area contributed by atoms with Gasteiger partial charge in [0.15, 0.2) is 0 Å². The molecule has 10 aromatic rings. The molecule has 0 fully saturated rings. The summed E-state index contributed by atoms with van der Waals surface area (Å²) in [6, 6.07) is 54.5. The summed E-state index contributed by atoms with van der Waals surface area (Å²) in [7, 11) is 3.31. The number of hydrogen-bond donors (Lipinski definition) is 0. The number of nitrogens with zero attached hydrogens (tertiary/aromatic N) is 4. The lowest BCUT2D eigenvalue weighted by atomic mass is 9.88. The van der Waals surface area contributed by atoms with Crippen LogP contribution in [0.4, 0.5) is 0 Å². The fourth-order valence-electron chi connectivity index (χ4n) is 10.1. The molecule has 2 amide bonds. The maximum absolute atomic E-state index is 12.6. The van der Waals surface area contributed by atoms with Gasteiger partial charge in [0.1, 0.15) is 11.5 Å².